The molecule has 0 saturated heterocycles. The molecule has 8 aromatic rings. The molecule has 2 heteroatoms. The summed E-state index contributed by atoms with van der Waals surface area (Å²) in [5.74, 6) is 0. The lowest BCUT2D eigenvalue weighted by atomic mass is 9.66. The number of benzene rings is 6. The molecule has 47 heavy (non-hydrogen) atoms. The van der Waals surface area contributed by atoms with Gasteiger partial charge in [0, 0.05) is 33.3 Å². The van der Waals surface area contributed by atoms with E-state index in [1.54, 1.807) is 0 Å². The van der Waals surface area contributed by atoms with E-state index in [0.717, 1.165) is 54.9 Å². The summed E-state index contributed by atoms with van der Waals surface area (Å²) in [5.41, 5.74) is 11.4. The molecule has 0 radical (unpaired) electrons. The van der Waals surface area contributed by atoms with Gasteiger partial charge in [0.1, 0.15) is 11.2 Å². The van der Waals surface area contributed by atoms with E-state index >= 15 is 0 Å². The number of aromatic nitrogens is 1. The first-order chi connectivity index (χ1) is 23.2. The van der Waals surface area contributed by atoms with Gasteiger partial charge in [-0.15, -0.1) is 0 Å². The second-order valence-electron chi connectivity index (χ2n) is 12.3. The van der Waals surface area contributed by atoms with Gasteiger partial charge in [-0.1, -0.05) is 140 Å². The average Bonchev–Trinajstić information content (AvgIpc) is 3.66. The average molecular weight is 602 g/mol. The minimum absolute atomic E-state index is 0.674. The lowest BCUT2D eigenvalue weighted by molar-refractivity contribution is 0.670. The number of allylic oxidation sites excluding steroid dienone is 5. The zero-order chi connectivity index (χ0) is 31.5. The predicted molar refractivity (Wildman–Crippen MR) is 197 cm³/mol. The number of fused-ring (bicyclic) bond motifs is 11. The van der Waals surface area contributed by atoms with E-state index < -0.39 is 5.41 Å². The first-order valence-corrected chi connectivity index (χ1v) is 16.1. The van der Waals surface area contributed by atoms with Crippen molar-refractivity contribution in [2.45, 2.75) is 12.3 Å². The third kappa shape index (κ3) is 3.82. The number of hydrogen-bond donors (Lipinski definition) is 0. The van der Waals surface area contributed by atoms with Gasteiger partial charge in [0.2, 0.25) is 0 Å². The van der Waals surface area contributed by atoms with Crippen LogP contribution in [0.25, 0.3) is 65.9 Å². The minimum Gasteiger partial charge on any atom is -0.455 e. The molecule has 0 fully saturated rings. The summed E-state index contributed by atoms with van der Waals surface area (Å²) in [4.78, 5) is 4.99. The Balaban J connectivity index is 1.45. The van der Waals surface area contributed by atoms with Crippen molar-refractivity contribution in [3.05, 3.63) is 187 Å². The fourth-order valence-electron chi connectivity index (χ4n) is 7.93. The summed E-state index contributed by atoms with van der Waals surface area (Å²) in [5, 5.41) is 5.75. The van der Waals surface area contributed by atoms with Gasteiger partial charge < -0.3 is 4.42 Å². The lowest BCUT2D eigenvalue weighted by Gasteiger charge is -2.35. The van der Waals surface area contributed by atoms with Crippen molar-refractivity contribution < 1.29 is 4.42 Å². The van der Waals surface area contributed by atoms with Crippen molar-refractivity contribution in [3.63, 3.8) is 0 Å². The quantitative estimate of drug-likeness (QED) is 0.145. The van der Waals surface area contributed by atoms with Crippen molar-refractivity contribution >= 4 is 43.6 Å². The van der Waals surface area contributed by atoms with Gasteiger partial charge in [-0.05, 0) is 69.5 Å². The van der Waals surface area contributed by atoms with E-state index in [4.69, 9.17) is 16.0 Å². The Labute approximate surface area is 273 Å². The van der Waals surface area contributed by atoms with Crippen molar-refractivity contribution in [2.75, 3.05) is 0 Å². The van der Waals surface area contributed by atoms with Gasteiger partial charge in [0.25, 0.3) is 0 Å². The summed E-state index contributed by atoms with van der Waals surface area (Å²) in [6.07, 6.45) is 10.3. The fourth-order valence-corrected chi connectivity index (χ4v) is 7.93. The van der Waals surface area contributed by atoms with Gasteiger partial charge in [0.15, 0.2) is 0 Å². The van der Waals surface area contributed by atoms with E-state index in [-0.39, 0.29) is 0 Å². The molecular weight excluding hydrogens is 571 g/mol. The summed E-state index contributed by atoms with van der Waals surface area (Å²) in [7, 11) is 0. The van der Waals surface area contributed by atoms with Crippen molar-refractivity contribution in [2.24, 2.45) is 0 Å². The van der Waals surface area contributed by atoms with Crippen molar-refractivity contribution in [1.29, 1.82) is 0 Å². The van der Waals surface area contributed by atoms with Crippen LogP contribution < -0.4 is 0 Å². The molecular formula is C45H31NO. The summed E-state index contributed by atoms with van der Waals surface area (Å²) in [6, 6.07) is 45.5. The van der Waals surface area contributed by atoms with Gasteiger partial charge >= 0.3 is 0 Å². The topological polar surface area (TPSA) is 26.0 Å². The van der Waals surface area contributed by atoms with Crippen LogP contribution in [0.2, 0.25) is 0 Å². The molecule has 0 spiro atoms. The van der Waals surface area contributed by atoms with Crippen molar-refractivity contribution in [1.82, 2.24) is 4.98 Å². The third-order valence-electron chi connectivity index (χ3n) is 9.85. The van der Waals surface area contributed by atoms with E-state index in [9.17, 15) is 0 Å². The lowest BCUT2D eigenvalue weighted by Crippen LogP contribution is -2.29. The summed E-state index contributed by atoms with van der Waals surface area (Å²) in [6.45, 7) is 6.90. The highest BCUT2D eigenvalue weighted by Gasteiger charge is 2.48. The first-order valence-electron chi connectivity index (χ1n) is 16.1. The molecule has 0 N–H and O–H groups in total. The maximum atomic E-state index is 6.54. The van der Waals surface area contributed by atoms with Crippen LogP contribution in [0.3, 0.4) is 0 Å². The second-order valence-corrected chi connectivity index (χ2v) is 12.3. The first kappa shape index (κ1) is 27.3. The normalized spacial score (nSPS) is 15.8. The molecule has 2 aromatic heterocycles. The molecule has 2 heterocycles. The Morgan fingerprint density at radius 2 is 1.43 bits per heavy atom. The highest BCUT2D eigenvalue weighted by molar-refractivity contribution is 6.18. The van der Waals surface area contributed by atoms with Gasteiger partial charge in [-0.25, -0.2) is 0 Å². The molecule has 6 aromatic carbocycles. The molecule has 1 aliphatic carbocycles. The Hall–Kier alpha value is -5.99. The largest absolute Gasteiger partial charge is 0.455 e. The molecule has 0 bridgehead atoms. The summed E-state index contributed by atoms with van der Waals surface area (Å²) >= 11 is 0. The Morgan fingerprint density at radius 1 is 0.681 bits per heavy atom. The third-order valence-corrected chi connectivity index (χ3v) is 9.85. The van der Waals surface area contributed by atoms with E-state index in [1.807, 2.05) is 25.3 Å². The highest BCUT2D eigenvalue weighted by Crippen LogP contribution is 2.60. The van der Waals surface area contributed by atoms with E-state index in [1.165, 1.54) is 33.2 Å². The Bertz CT molecular complexity index is 2600. The maximum Gasteiger partial charge on any atom is 0.143 e. The molecule has 222 valence electrons. The van der Waals surface area contributed by atoms with E-state index in [2.05, 4.69) is 140 Å². The van der Waals surface area contributed by atoms with E-state index in [0.29, 0.717) is 0 Å². The smallest absolute Gasteiger partial charge is 0.143 e. The van der Waals surface area contributed by atoms with Crippen molar-refractivity contribution in [3.8, 4) is 22.3 Å². The van der Waals surface area contributed by atoms with Crippen LogP contribution in [-0.2, 0) is 5.41 Å². The van der Waals surface area contributed by atoms with Crippen LogP contribution in [-0.4, -0.2) is 4.98 Å². The van der Waals surface area contributed by atoms with Crippen LogP contribution in [0.4, 0.5) is 0 Å². The van der Waals surface area contributed by atoms with Crippen LogP contribution in [0, 0.1) is 0 Å². The molecule has 2 nitrogen and oxygen atoms in total. The standard InChI is InChI=1S/C45H31NO/c1-3-4-6-15-29(2)45(31-16-7-5-8-17-31)39-28-30(32-21-13-22-36-33-18-11-12-24-40(33)47-44(32)36)25-26-37(39)41-34-19-9-10-20-35(34)43-38(42(41)45)23-14-27-46-43/h3-28H,2H2,1H3/b4-3-,15-6-. The molecule has 1 aliphatic rings. The zero-order valence-electron chi connectivity index (χ0n) is 26.1. The molecule has 1 unspecified atom stereocenters. The molecule has 0 saturated carbocycles. The van der Waals surface area contributed by atoms with Crippen LogP contribution in [0.15, 0.2) is 174 Å². The van der Waals surface area contributed by atoms with Gasteiger partial charge in [0.05, 0.1) is 10.9 Å². The predicted octanol–water partition coefficient (Wildman–Crippen LogP) is 12.0. The Kier molecular flexibility index (Phi) is 6.13. The summed E-state index contributed by atoms with van der Waals surface area (Å²) < 4.78 is 6.54. The fraction of sp³-hybridized carbons (Fsp3) is 0.0444. The molecule has 1 atom stereocenters. The monoisotopic (exact) mass is 601 g/mol. The van der Waals surface area contributed by atoms with Crippen LogP contribution >= 0.6 is 0 Å². The molecule has 0 amide bonds. The zero-order valence-corrected chi connectivity index (χ0v) is 26.1. The van der Waals surface area contributed by atoms with Crippen LogP contribution in [0.5, 0.6) is 0 Å². The number of para-hydroxylation sites is 2. The van der Waals surface area contributed by atoms with Gasteiger partial charge in [-0.2, -0.15) is 0 Å². The number of furan rings is 1. The molecule has 9 rings (SSSR count). The second kappa shape index (κ2) is 10.5. The molecule has 0 aliphatic heterocycles. The number of rotatable bonds is 5. The highest BCUT2D eigenvalue weighted by atomic mass is 16.3. The number of pyridine rings is 1. The van der Waals surface area contributed by atoms with Gasteiger partial charge in [-0.3, -0.25) is 4.98 Å². The SMILES string of the molecule is C=C(/C=C\C=C/C)C1(c2ccccc2)c2cc(-c3cccc4c3oc3ccccc34)ccc2-c2c1c1cccnc1c1ccccc21. The maximum absolute atomic E-state index is 6.54. The Morgan fingerprint density at radius 3 is 2.28 bits per heavy atom. The van der Waals surface area contributed by atoms with Crippen LogP contribution in [0.1, 0.15) is 23.6 Å². The number of nitrogens with zero attached hydrogens (tertiary/aromatic N) is 1. The minimum atomic E-state index is -0.674. The number of hydrogen-bond acceptors (Lipinski definition) is 2.